The third-order valence-corrected chi connectivity index (χ3v) is 10.4. The Bertz CT molecular complexity index is 839. The number of carbonyl (C=O) groups excluding carboxylic acids is 3. The van der Waals surface area contributed by atoms with Gasteiger partial charge in [0.05, 0.1) is 0 Å². The molecule has 8 heteroatoms. The summed E-state index contributed by atoms with van der Waals surface area (Å²) in [4.78, 5) is 35.6. The van der Waals surface area contributed by atoms with Gasteiger partial charge >= 0.3 is 6.09 Å². The Balaban J connectivity index is 2.25. The summed E-state index contributed by atoms with van der Waals surface area (Å²) in [5.41, 5.74) is 9.71. The minimum Gasteiger partial charge on any atom is -0.445 e. The molecule has 0 heterocycles. The minimum absolute atomic E-state index is 0.124. The molecule has 7 nitrogen and oxygen atoms in total. The monoisotopic (exact) mass is 473 g/mol. The van der Waals surface area contributed by atoms with E-state index in [1.54, 1.807) is 0 Å². The second-order valence-electron chi connectivity index (χ2n) is 9.70. The van der Waals surface area contributed by atoms with Gasteiger partial charge in [-0.05, 0) is 23.4 Å². The van der Waals surface area contributed by atoms with Gasteiger partial charge in [-0.25, -0.2) is 4.79 Å². The van der Waals surface area contributed by atoms with E-state index < -0.39 is 26.1 Å². The second-order valence-corrected chi connectivity index (χ2v) is 14.7. The fraction of sp³-hybridized carbons (Fsp3) is 0.560. The van der Waals surface area contributed by atoms with E-state index >= 15 is 0 Å². The molecule has 1 atom stereocenters. The first kappa shape index (κ1) is 28.2. The lowest BCUT2D eigenvalue weighted by Gasteiger charge is -2.31. The smallest absolute Gasteiger partial charge is 0.407 e. The Morgan fingerprint density at radius 3 is 2.36 bits per heavy atom. The summed E-state index contributed by atoms with van der Waals surface area (Å²) in [6.07, 6.45) is 2.19. The molecular formula is C25H39N3O4Si. The van der Waals surface area contributed by atoms with Gasteiger partial charge in [-0.1, -0.05) is 70.6 Å². The predicted molar refractivity (Wildman–Crippen MR) is 134 cm³/mol. The predicted octanol–water partition coefficient (Wildman–Crippen LogP) is 3.88. The Kier molecular flexibility index (Phi) is 11.7. The van der Waals surface area contributed by atoms with Gasteiger partial charge in [0.25, 0.3) is 0 Å². The van der Waals surface area contributed by atoms with Crippen molar-refractivity contribution in [2.75, 3.05) is 6.54 Å². The van der Waals surface area contributed by atoms with Crippen LogP contribution in [0, 0.1) is 11.5 Å². The fourth-order valence-corrected chi connectivity index (χ4v) is 3.52. The third-order valence-electron chi connectivity index (χ3n) is 5.82. The number of primary amides is 1. The molecule has 1 aromatic carbocycles. The third kappa shape index (κ3) is 11.6. The summed E-state index contributed by atoms with van der Waals surface area (Å²) in [5, 5.41) is 5.52. The number of rotatable bonds is 11. The van der Waals surface area contributed by atoms with Crippen LogP contribution in [0.25, 0.3) is 0 Å². The van der Waals surface area contributed by atoms with Gasteiger partial charge in [-0.15, -0.1) is 11.5 Å². The van der Waals surface area contributed by atoms with Crippen LogP contribution in [0.1, 0.15) is 58.4 Å². The van der Waals surface area contributed by atoms with Crippen molar-refractivity contribution in [2.45, 2.75) is 83.7 Å². The number of ether oxygens (including phenoxy) is 1. The van der Waals surface area contributed by atoms with Crippen molar-refractivity contribution in [3.63, 3.8) is 0 Å². The molecule has 0 radical (unpaired) electrons. The average Bonchev–Trinajstić information content (AvgIpc) is 2.73. The van der Waals surface area contributed by atoms with Crippen molar-refractivity contribution in [2.24, 2.45) is 5.73 Å². The Labute approximate surface area is 199 Å². The van der Waals surface area contributed by atoms with Gasteiger partial charge in [-0.3, -0.25) is 9.59 Å². The summed E-state index contributed by atoms with van der Waals surface area (Å²) in [5.74, 6) is 2.28. The molecule has 0 bridgehead atoms. The molecule has 0 fully saturated rings. The van der Waals surface area contributed by atoms with Crippen molar-refractivity contribution in [3.8, 4) is 11.5 Å². The summed E-state index contributed by atoms with van der Waals surface area (Å²) >= 11 is 0. The first-order chi connectivity index (χ1) is 15.4. The Morgan fingerprint density at radius 1 is 1.09 bits per heavy atom. The number of hydrogen-bond acceptors (Lipinski definition) is 4. The van der Waals surface area contributed by atoms with Crippen LogP contribution in [-0.4, -0.2) is 38.6 Å². The standard InChI is InChI=1S/C25H39N3O4Si/c1-25(2,3)33(4,5)18-12-15-21(23(26)30)28-22(29)16-10-7-11-17-27-24(31)32-19-20-13-8-6-9-14-20/h6,8-9,13-14,21H,7,10-11,15-17,19H2,1-5H3,(H2,26,30)(H,27,31)(H,28,29)/t21-/m0/s1. The topological polar surface area (TPSA) is 111 Å². The zero-order valence-electron chi connectivity index (χ0n) is 20.6. The molecule has 1 aromatic rings. The van der Waals surface area contributed by atoms with Crippen molar-refractivity contribution >= 4 is 26.0 Å². The Morgan fingerprint density at radius 2 is 1.76 bits per heavy atom. The maximum absolute atomic E-state index is 12.2. The summed E-state index contributed by atoms with van der Waals surface area (Å²) in [6.45, 7) is 11.6. The number of benzene rings is 1. The van der Waals surface area contributed by atoms with Crippen molar-refractivity contribution in [3.05, 3.63) is 35.9 Å². The normalized spacial score (nSPS) is 12.2. The van der Waals surface area contributed by atoms with Crippen LogP contribution >= 0.6 is 0 Å². The van der Waals surface area contributed by atoms with E-state index in [4.69, 9.17) is 10.5 Å². The molecule has 33 heavy (non-hydrogen) atoms. The van der Waals surface area contributed by atoms with Crippen LogP contribution in [0.4, 0.5) is 4.79 Å². The molecule has 4 N–H and O–H groups in total. The van der Waals surface area contributed by atoms with Crippen LogP contribution < -0.4 is 16.4 Å². The fourth-order valence-electron chi connectivity index (χ4n) is 2.60. The largest absolute Gasteiger partial charge is 0.445 e. The van der Waals surface area contributed by atoms with E-state index in [0.717, 1.165) is 18.4 Å². The molecule has 0 saturated carbocycles. The van der Waals surface area contributed by atoms with Crippen LogP contribution in [0.5, 0.6) is 0 Å². The van der Waals surface area contributed by atoms with E-state index in [-0.39, 0.29) is 30.4 Å². The van der Waals surface area contributed by atoms with E-state index in [0.29, 0.717) is 13.0 Å². The van der Waals surface area contributed by atoms with Gasteiger partial charge in [0.2, 0.25) is 11.8 Å². The zero-order valence-corrected chi connectivity index (χ0v) is 21.6. The summed E-state index contributed by atoms with van der Waals surface area (Å²) in [6, 6.07) is 8.69. The van der Waals surface area contributed by atoms with E-state index in [1.165, 1.54) is 0 Å². The van der Waals surface area contributed by atoms with Gasteiger partial charge in [-0.2, -0.15) is 0 Å². The van der Waals surface area contributed by atoms with Crippen molar-refractivity contribution in [1.82, 2.24) is 10.6 Å². The van der Waals surface area contributed by atoms with Gasteiger partial charge in [0.15, 0.2) is 0 Å². The highest BCUT2D eigenvalue weighted by Crippen LogP contribution is 2.35. The van der Waals surface area contributed by atoms with Gasteiger partial charge in [0, 0.05) is 19.4 Å². The average molecular weight is 474 g/mol. The molecule has 1 rings (SSSR count). The van der Waals surface area contributed by atoms with Gasteiger partial charge < -0.3 is 21.1 Å². The Hall–Kier alpha value is -2.79. The number of hydrogen-bond donors (Lipinski definition) is 3. The first-order valence-corrected chi connectivity index (χ1v) is 14.5. The summed E-state index contributed by atoms with van der Waals surface area (Å²) in [7, 11) is -1.78. The molecule has 0 aliphatic heterocycles. The second kappa shape index (κ2) is 13.7. The molecule has 182 valence electrons. The molecule has 3 amide bonds. The van der Waals surface area contributed by atoms with Crippen LogP contribution in [0.15, 0.2) is 30.3 Å². The molecular weight excluding hydrogens is 434 g/mol. The number of carbonyl (C=O) groups is 3. The number of unbranched alkanes of at least 4 members (excludes halogenated alkanes) is 2. The van der Waals surface area contributed by atoms with Crippen LogP contribution in [0.2, 0.25) is 18.1 Å². The van der Waals surface area contributed by atoms with Gasteiger partial charge in [0.1, 0.15) is 20.7 Å². The quantitative estimate of drug-likeness (QED) is 0.257. The lowest BCUT2D eigenvalue weighted by molar-refractivity contribution is -0.127. The molecule has 0 aliphatic carbocycles. The number of alkyl carbamates (subject to hydrolysis) is 1. The number of nitrogens with two attached hydrogens (primary N) is 1. The lowest BCUT2D eigenvalue weighted by Crippen LogP contribution is -2.44. The van der Waals surface area contributed by atoms with Crippen molar-refractivity contribution in [1.29, 1.82) is 0 Å². The molecule has 0 saturated heterocycles. The highest BCUT2D eigenvalue weighted by atomic mass is 28.3. The van der Waals surface area contributed by atoms with E-state index in [1.807, 2.05) is 30.3 Å². The molecule has 0 unspecified atom stereocenters. The number of amides is 3. The SMILES string of the molecule is CC(C)(C)[Si](C)(C)C#CC[C@H](NC(=O)CCCCCNC(=O)OCc1ccccc1)C(N)=O. The molecule has 0 spiro atoms. The van der Waals surface area contributed by atoms with Crippen LogP contribution in [0.3, 0.4) is 0 Å². The molecule has 0 aliphatic rings. The lowest BCUT2D eigenvalue weighted by atomic mass is 10.1. The van der Waals surface area contributed by atoms with E-state index in [9.17, 15) is 14.4 Å². The highest BCUT2D eigenvalue weighted by molar-refractivity contribution is 6.87. The minimum atomic E-state index is -1.78. The zero-order chi connectivity index (χ0) is 24.9. The van der Waals surface area contributed by atoms with Crippen molar-refractivity contribution < 1.29 is 19.1 Å². The van der Waals surface area contributed by atoms with E-state index in [2.05, 4.69) is 56.0 Å². The molecule has 0 aromatic heterocycles. The number of nitrogens with one attached hydrogen (secondary N) is 2. The summed E-state index contributed by atoms with van der Waals surface area (Å²) < 4.78 is 5.14. The maximum Gasteiger partial charge on any atom is 0.407 e. The maximum atomic E-state index is 12.2. The van der Waals surface area contributed by atoms with Crippen LogP contribution in [-0.2, 0) is 20.9 Å². The first-order valence-electron chi connectivity index (χ1n) is 11.5. The highest BCUT2D eigenvalue weighted by Gasteiger charge is 2.33.